The number of amides is 1. The number of hydrogen-bond donors (Lipinski definition) is 2. The van der Waals surface area contributed by atoms with Gasteiger partial charge in [0.1, 0.15) is 0 Å². The summed E-state index contributed by atoms with van der Waals surface area (Å²) in [5, 5.41) is 2.95. The van der Waals surface area contributed by atoms with E-state index in [0.717, 1.165) is 32.5 Å². The predicted molar refractivity (Wildman–Crippen MR) is 67.0 cm³/mol. The highest BCUT2D eigenvalue weighted by molar-refractivity contribution is 7.80. The van der Waals surface area contributed by atoms with Gasteiger partial charge in [0, 0.05) is 25.0 Å². The first-order valence-electron chi connectivity index (χ1n) is 5.90. The van der Waals surface area contributed by atoms with E-state index in [4.69, 9.17) is 18.0 Å². The Morgan fingerprint density at radius 3 is 3.19 bits per heavy atom. The summed E-state index contributed by atoms with van der Waals surface area (Å²) in [6.45, 7) is 4.78. The lowest BCUT2D eigenvalue weighted by Gasteiger charge is -2.37. The van der Waals surface area contributed by atoms with Gasteiger partial charge in [-0.25, -0.2) is 0 Å². The topological polar surface area (TPSA) is 58.4 Å². The van der Waals surface area contributed by atoms with E-state index in [9.17, 15) is 4.79 Å². The number of carbonyl (C=O) groups excluding carboxylic acids is 1. The number of nitrogens with one attached hydrogen (secondary N) is 1. The largest absolute Gasteiger partial charge is 0.393 e. The van der Waals surface area contributed by atoms with Crippen LogP contribution in [-0.2, 0) is 4.79 Å². The minimum Gasteiger partial charge on any atom is -0.393 e. The van der Waals surface area contributed by atoms with Gasteiger partial charge in [0.2, 0.25) is 5.91 Å². The number of hydrogen-bond acceptors (Lipinski definition) is 3. The van der Waals surface area contributed by atoms with Gasteiger partial charge in [-0.05, 0) is 19.4 Å². The quantitative estimate of drug-likeness (QED) is 0.689. The van der Waals surface area contributed by atoms with Crippen molar-refractivity contribution in [2.75, 3.05) is 19.6 Å². The van der Waals surface area contributed by atoms with Gasteiger partial charge in [-0.3, -0.25) is 9.69 Å². The summed E-state index contributed by atoms with van der Waals surface area (Å²) in [5.41, 5.74) is 5.64. The standard InChI is InChI=1S/C11H19N3OS/c1-7(10(12)16)6-14-4-2-3-8-9(14)5-13-11(8)15/h7-9H,2-6H2,1H3,(H2,12,16)(H,13,15). The van der Waals surface area contributed by atoms with Crippen LogP contribution in [-0.4, -0.2) is 41.5 Å². The number of nitrogens with zero attached hydrogens (tertiary/aromatic N) is 1. The molecule has 0 aromatic rings. The molecule has 3 unspecified atom stereocenters. The number of rotatable bonds is 3. The Labute approximate surface area is 102 Å². The first kappa shape index (κ1) is 11.8. The minimum atomic E-state index is 0.187. The van der Waals surface area contributed by atoms with E-state index in [2.05, 4.69) is 17.1 Å². The normalized spacial score (nSPS) is 31.9. The van der Waals surface area contributed by atoms with E-state index in [1.807, 2.05) is 0 Å². The lowest BCUT2D eigenvalue weighted by Crippen LogP contribution is -2.48. The van der Waals surface area contributed by atoms with Crippen molar-refractivity contribution in [1.82, 2.24) is 10.2 Å². The van der Waals surface area contributed by atoms with Crippen LogP contribution < -0.4 is 11.1 Å². The number of fused-ring (bicyclic) bond motifs is 1. The van der Waals surface area contributed by atoms with Crippen molar-refractivity contribution in [1.29, 1.82) is 0 Å². The van der Waals surface area contributed by atoms with Crippen LogP contribution in [0.5, 0.6) is 0 Å². The molecule has 3 atom stereocenters. The molecule has 0 bridgehead atoms. The van der Waals surface area contributed by atoms with Crippen molar-refractivity contribution in [3.63, 3.8) is 0 Å². The molecule has 0 radical (unpaired) electrons. The molecule has 0 aliphatic carbocycles. The van der Waals surface area contributed by atoms with Gasteiger partial charge in [0.05, 0.1) is 10.9 Å². The van der Waals surface area contributed by atoms with Crippen molar-refractivity contribution in [3.05, 3.63) is 0 Å². The van der Waals surface area contributed by atoms with Gasteiger partial charge in [-0.15, -0.1) is 0 Å². The van der Waals surface area contributed by atoms with Crippen LogP contribution in [0.2, 0.25) is 0 Å². The number of piperidine rings is 1. The van der Waals surface area contributed by atoms with Crippen LogP contribution in [0.1, 0.15) is 19.8 Å². The highest BCUT2D eigenvalue weighted by atomic mass is 32.1. The van der Waals surface area contributed by atoms with Gasteiger partial charge in [-0.2, -0.15) is 0 Å². The molecule has 0 spiro atoms. The molecule has 0 aromatic heterocycles. The molecule has 2 aliphatic rings. The second-order valence-electron chi connectivity index (χ2n) is 4.86. The number of thiocarbonyl (C=S) groups is 1. The Hall–Kier alpha value is -0.680. The minimum absolute atomic E-state index is 0.187. The van der Waals surface area contributed by atoms with Crippen molar-refractivity contribution in [2.45, 2.75) is 25.8 Å². The van der Waals surface area contributed by atoms with Crippen LogP contribution in [0.15, 0.2) is 0 Å². The van der Waals surface area contributed by atoms with E-state index in [0.29, 0.717) is 11.0 Å². The third kappa shape index (κ3) is 2.20. The van der Waals surface area contributed by atoms with Crippen LogP contribution in [0.25, 0.3) is 0 Å². The maximum absolute atomic E-state index is 11.6. The number of nitrogens with two attached hydrogens (primary N) is 1. The summed E-state index contributed by atoms with van der Waals surface area (Å²) in [6.07, 6.45) is 2.12. The van der Waals surface area contributed by atoms with Crippen LogP contribution in [0.3, 0.4) is 0 Å². The summed E-state index contributed by atoms with van der Waals surface area (Å²) < 4.78 is 0. The Balaban J connectivity index is 1.99. The molecule has 2 rings (SSSR count). The fourth-order valence-corrected chi connectivity index (χ4v) is 2.78. The zero-order valence-corrected chi connectivity index (χ0v) is 10.4. The summed E-state index contributed by atoms with van der Waals surface area (Å²) in [5.74, 6) is 0.634. The molecule has 2 aliphatic heterocycles. The molecule has 16 heavy (non-hydrogen) atoms. The molecule has 2 fully saturated rings. The molecule has 5 heteroatoms. The molecule has 0 aromatic carbocycles. The Morgan fingerprint density at radius 1 is 1.75 bits per heavy atom. The predicted octanol–water partition coefficient (Wildman–Crippen LogP) is 0.119. The second kappa shape index (κ2) is 4.67. The second-order valence-corrected chi connectivity index (χ2v) is 5.33. The highest BCUT2D eigenvalue weighted by Crippen LogP contribution is 2.27. The third-order valence-corrected chi connectivity index (χ3v) is 4.11. The van der Waals surface area contributed by atoms with Crippen molar-refractivity contribution in [3.8, 4) is 0 Å². The molecule has 0 saturated carbocycles. The molecule has 1 amide bonds. The lowest BCUT2D eigenvalue weighted by atomic mass is 9.91. The fourth-order valence-electron chi connectivity index (χ4n) is 2.71. The van der Waals surface area contributed by atoms with E-state index in [-0.39, 0.29) is 17.7 Å². The Morgan fingerprint density at radius 2 is 2.50 bits per heavy atom. The molecule has 4 nitrogen and oxygen atoms in total. The molecule has 90 valence electrons. The molecular formula is C11H19N3OS. The highest BCUT2D eigenvalue weighted by Gasteiger charge is 2.40. The fraction of sp³-hybridized carbons (Fsp3) is 0.818. The lowest BCUT2D eigenvalue weighted by molar-refractivity contribution is -0.124. The summed E-state index contributed by atoms with van der Waals surface area (Å²) in [6, 6.07) is 0.359. The van der Waals surface area contributed by atoms with Crippen molar-refractivity contribution < 1.29 is 4.79 Å². The number of carbonyl (C=O) groups is 1. The Bertz CT molecular complexity index is 308. The zero-order valence-electron chi connectivity index (χ0n) is 9.61. The van der Waals surface area contributed by atoms with Gasteiger partial charge in [-0.1, -0.05) is 19.1 Å². The molecule has 2 saturated heterocycles. The molecule has 2 heterocycles. The smallest absolute Gasteiger partial charge is 0.224 e. The van der Waals surface area contributed by atoms with Gasteiger partial charge < -0.3 is 11.1 Å². The van der Waals surface area contributed by atoms with E-state index >= 15 is 0 Å². The molecule has 3 N–H and O–H groups in total. The maximum atomic E-state index is 11.6. The Kier molecular flexibility index (Phi) is 3.44. The number of likely N-dealkylation sites (tertiary alicyclic amines) is 1. The van der Waals surface area contributed by atoms with E-state index in [1.165, 1.54) is 0 Å². The average molecular weight is 241 g/mol. The van der Waals surface area contributed by atoms with Gasteiger partial charge in [0.25, 0.3) is 0 Å². The first-order valence-corrected chi connectivity index (χ1v) is 6.31. The summed E-state index contributed by atoms with van der Waals surface area (Å²) in [4.78, 5) is 14.5. The van der Waals surface area contributed by atoms with E-state index in [1.54, 1.807) is 0 Å². The van der Waals surface area contributed by atoms with Crippen LogP contribution in [0.4, 0.5) is 0 Å². The van der Waals surface area contributed by atoms with E-state index < -0.39 is 0 Å². The van der Waals surface area contributed by atoms with Gasteiger partial charge >= 0.3 is 0 Å². The SMILES string of the molecule is CC(CN1CCCC2C(=O)NCC21)C(N)=S. The van der Waals surface area contributed by atoms with Crippen molar-refractivity contribution in [2.24, 2.45) is 17.6 Å². The monoisotopic (exact) mass is 241 g/mol. The third-order valence-electron chi connectivity index (χ3n) is 3.71. The summed E-state index contributed by atoms with van der Waals surface area (Å²) >= 11 is 5.00. The van der Waals surface area contributed by atoms with Crippen molar-refractivity contribution >= 4 is 23.1 Å². The first-order chi connectivity index (χ1) is 7.59. The summed E-state index contributed by atoms with van der Waals surface area (Å²) in [7, 11) is 0. The van der Waals surface area contributed by atoms with Gasteiger partial charge in [0.15, 0.2) is 0 Å². The van der Waals surface area contributed by atoms with Crippen LogP contribution in [0, 0.1) is 11.8 Å². The zero-order chi connectivity index (χ0) is 11.7. The molecular weight excluding hydrogens is 222 g/mol. The van der Waals surface area contributed by atoms with Crippen LogP contribution >= 0.6 is 12.2 Å². The maximum Gasteiger partial charge on any atom is 0.224 e. The average Bonchev–Trinajstić information content (AvgIpc) is 2.62.